The molecule has 0 aromatic heterocycles. The number of hydrazone groups is 1. The molecule has 0 aliphatic heterocycles. The highest BCUT2D eigenvalue weighted by Crippen LogP contribution is 2.12. The van der Waals surface area contributed by atoms with Crippen molar-refractivity contribution >= 4 is 23.5 Å². The van der Waals surface area contributed by atoms with Gasteiger partial charge in [-0.1, -0.05) is 12.1 Å². The quantitative estimate of drug-likeness (QED) is 0.431. The van der Waals surface area contributed by atoms with Gasteiger partial charge in [0.2, 0.25) is 0 Å². The van der Waals surface area contributed by atoms with Crippen LogP contribution in [0, 0.1) is 0 Å². The highest BCUT2D eigenvalue weighted by Gasteiger charge is 1.97. The third-order valence-corrected chi connectivity index (χ3v) is 1.89. The molecule has 0 heterocycles. The van der Waals surface area contributed by atoms with Crippen LogP contribution < -0.4 is 5.73 Å². The molecular formula is C9H11N3OS. The van der Waals surface area contributed by atoms with Gasteiger partial charge in [0.25, 0.3) is 0 Å². The molecule has 0 atom stereocenters. The Morgan fingerprint density at radius 1 is 1.57 bits per heavy atom. The molecule has 0 saturated heterocycles. The van der Waals surface area contributed by atoms with Gasteiger partial charge in [-0.25, -0.2) is 5.01 Å². The van der Waals surface area contributed by atoms with Gasteiger partial charge in [0.1, 0.15) is 5.75 Å². The number of nitrogens with zero attached hydrogens (tertiary/aromatic N) is 2. The number of aromatic hydroxyl groups is 1. The van der Waals surface area contributed by atoms with E-state index in [1.807, 2.05) is 6.07 Å². The van der Waals surface area contributed by atoms with Gasteiger partial charge in [0, 0.05) is 12.6 Å². The summed E-state index contributed by atoms with van der Waals surface area (Å²) in [5, 5.41) is 14.9. The number of rotatable bonds is 2. The van der Waals surface area contributed by atoms with Crippen LogP contribution in [0.2, 0.25) is 0 Å². The maximum Gasteiger partial charge on any atom is 0.186 e. The van der Waals surface area contributed by atoms with Gasteiger partial charge >= 0.3 is 0 Å². The summed E-state index contributed by atoms with van der Waals surface area (Å²) in [5.74, 6) is 0.174. The Balaban J connectivity index is 2.78. The van der Waals surface area contributed by atoms with Crippen LogP contribution >= 0.6 is 12.2 Å². The van der Waals surface area contributed by atoms with E-state index in [1.54, 1.807) is 25.2 Å². The summed E-state index contributed by atoms with van der Waals surface area (Å²) >= 11 is 4.69. The molecule has 1 rings (SSSR count). The molecule has 1 aromatic carbocycles. The average molecular weight is 209 g/mol. The standard InChI is InChI=1S/C9H11N3OS/c1-12(9(10)14)11-6-7-4-2-3-5-8(7)13/h2-6,13H,1H3,(H2,10,14). The van der Waals surface area contributed by atoms with Gasteiger partial charge in [-0.15, -0.1) is 0 Å². The first-order valence-electron chi connectivity index (χ1n) is 3.96. The van der Waals surface area contributed by atoms with Crippen LogP contribution in [0.1, 0.15) is 5.56 Å². The lowest BCUT2D eigenvalue weighted by Gasteiger charge is -2.08. The van der Waals surface area contributed by atoms with Gasteiger partial charge in [0.05, 0.1) is 6.21 Å². The molecule has 14 heavy (non-hydrogen) atoms. The molecular weight excluding hydrogens is 198 g/mol. The van der Waals surface area contributed by atoms with Crippen molar-refractivity contribution in [2.75, 3.05) is 7.05 Å². The smallest absolute Gasteiger partial charge is 0.186 e. The second-order valence-corrected chi connectivity index (χ2v) is 3.08. The van der Waals surface area contributed by atoms with Gasteiger partial charge in [-0.05, 0) is 24.4 Å². The van der Waals surface area contributed by atoms with Gasteiger partial charge in [0.15, 0.2) is 5.11 Å². The Kier molecular flexibility index (Phi) is 3.41. The molecule has 0 aliphatic carbocycles. The van der Waals surface area contributed by atoms with Crippen molar-refractivity contribution in [3.05, 3.63) is 29.8 Å². The van der Waals surface area contributed by atoms with E-state index in [0.29, 0.717) is 5.56 Å². The van der Waals surface area contributed by atoms with Crippen LogP contribution in [0.3, 0.4) is 0 Å². The molecule has 74 valence electrons. The van der Waals surface area contributed by atoms with Crippen LogP contribution in [-0.4, -0.2) is 28.5 Å². The molecule has 3 N–H and O–H groups in total. The maximum atomic E-state index is 9.39. The molecule has 0 fully saturated rings. The minimum absolute atomic E-state index is 0.174. The van der Waals surface area contributed by atoms with E-state index in [9.17, 15) is 5.11 Å². The average Bonchev–Trinajstić information content (AvgIpc) is 2.16. The summed E-state index contributed by atoms with van der Waals surface area (Å²) in [6.07, 6.45) is 1.49. The van der Waals surface area contributed by atoms with Crippen molar-refractivity contribution in [1.29, 1.82) is 0 Å². The summed E-state index contributed by atoms with van der Waals surface area (Å²) in [7, 11) is 1.64. The number of para-hydroxylation sites is 1. The van der Waals surface area contributed by atoms with Crippen molar-refractivity contribution < 1.29 is 5.11 Å². The van der Waals surface area contributed by atoms with Gasteiger partial charge in [-0.2, -0.15) is 5.10 Å². The van der Waals surface area contributed by atoms with Gasteiger partial charge in [-0.3, -0.25) is 0 Å². The van der Waals surface area contributed by atoms with Crippen LogP contribution in [0.25, 0.3) is 0 Å². The lowest BCUT2D eigenvalue weighted by molar-refractivity contribution is 0.474. The van der Waals surface area contributed by atoms with E-state index >= 15 is 0 Å². The largest absolute Gasteiger partial charge is 0.507 e. The number of hydrogen-bond acceptors (Lipinski definition) is 3. The summed E-state index contributed by atoms with van der Waals surface area (Å²) in [5.41, 5.74) is 5.94. The molecule has 0 saturated carbocycles. The molecule has 0 radical (unpaired) electrons. The fourth-order valence-corrected chi connectivity index (χ4v) is 0.850. The second-order valence-electron chi connectivity index (χ2n) is 2.67. The number of phenolic OH excluding ortho intramolecular Hbond substituents is 1. The van der Waals surface area contributed by atoms with Crippen molar-refractivity contribution in [3.8, 4) is 5.75 Å². The van der Waals surface area contributed by atoms with Gasteiger partial charge < -0.3 is 10.8 Å². The number of benzene rings is 1. The van der Waals surface area contributed by atoms with Crippen molar-refractivity contribution in [2.24, 2.45) is 10.8 Å². The molecule has 4 nitrogen and oxygen atoms in total. The molecule has 1 aromatic rings. The fraction of sp³-hybridized carbons (Fsp3) is 0.111. The summed E-state index contributed by atoms with van der Waals surface area (Å²) in [6.45, 7) is 0. The zero-order valence-corrected chi connectivity index (χ0v) is 8.53. The molecule has 0 spiro atoms. The third-order valence-electron chi connectivity index (χ3n) is 1.63. The van der Waals surface area contributed by atoms with Crippen LogP contribution in [0.15, 0.2) is 29.4 Å². The predicted octanol–water partition coefficient (Wildman–Crippen LogP) is 0.901. The zero-order chi connectivity index (χ0) is 10.6. The monoisotopic (exact) mass is 209 g/mol. The van der Waals surface area contributed by atoms with Crippen LogP contribution in [-0.2, 0) is 0 Å². The summed E-state index contributed by atoms with van der Waals surface area (Å²) < 4.78 is 0. The molecule has 0 bridgehead atoms. The van der Waals surface area contributed by atoms with E-state index in [-0.39, 0.29) is 10.9 Å². The van der Waals surface area contributed by atoms with Crippen molar-refractivity contribution in [2.45, 2.75) is 0 Å². The van der Waals surface area contributed by atoms with E-state index in [2.05, 4.69) is 5.10 Å². The number of thiocarbonyl (C=S) groups is 1. The lowest BCUT2D eigenvalue weighted by Crippen LogP contribution is -2.27. The minimum atomic E-state index is 0.174. The SMILES string of the molecule is CN(N=Cc1ccccc1O)C(N)=S. The fourth-order valence-electron chi connectivity index (χ4n) is 0.802. The second kappa shape index (κ2) is 4.57. The first kappa shape index (κ1) is 10.5. The first-order chi connectivity index (χ1) is 6.61. The number of phenols is 1. The van der Waals surface area contributed by atoms with Crippen LogP contribution in [0.4, 0.5) is 0 Å². The molecule has 0 amide bonds. The minimum Gasteiger partial charge on any atom is -0.507 e. The Morgan fingerprint density at radius 2 is 2.21 bits per heavy atom. The molecule has 5 heteroatoms. The maximum absolute atomic E-state index is 9.39. The molecule has 0 unspecified atom stereocenters. The summed E-state index contributed by atoms with van der Waals surface area (Å²) in [4.78, 5) is 0. The van der Waals surface area contributed by atoms with E-state index in [0.717, 1.165) is 0 Å². The predicted molar refractivity (Wildman–Crippen MR) is 60.2 cm³/mol. The summed E-state index contributed by atoms with van der Waals surface area (Å²) in [6, 6.07) is 6.88. The van der Waals surface area contributed by atoms with Crippen LogP contribution in [0.5, 0.6) is 5.75 Å². The van der Waals surface area contributed by atoms with E-state index in [1.165, 1.54) is 11.2 Å². The zero-order valence-electron chi connectivity index (χ0n) is 7.71. The van der Waals surface area contributed by atoms with Crippen molar-refractivity contribution in [1.82, 2.24) is 5.01 Å². The third kappa shape index (κ3) is 2.70. The normalized spacial score (nSPS) is 10.4. The molecule has 0 aliphatic rings. The number of nitrogens with two attached hydrogens (primary N) is 1. The van der Waals surface area contributed by atoms with E-state index < -0.39 is 0 Å². The Labute approximate surface area is 87.6 Å². The Morgan fingerprint density at radius 3 is 2.79 bits per heavy atom. The first-order valence-corrected chi connectivity index (χ1v) is 4.37. The van der Waals surface area contributed by atoms with Crippen molar-refractivity contribution in [3.63, 3.8) is 0 Å². The lowest BCUT2D eigenvalue weighted by atomic mass is 10.2. The Bertz CT molecular complexity index is 365. The Hall–Kier alpha value is -1.62. The highest BCUT2D eigenvalue weighted by atomic mass is 32.1. The number of hydrogen-bond donors (Lipinski definition) is 2. The topological polar surface area (TPSA) is 61.8 Å². The highest BCUT2D eigenvalue weighted by molar-refractivity contribution is 7.80. The van der Waals surface area contributed by atoms with E-state index in [4.69, 9.17) is 18.0 Å².